The van der Waals surface area contributed by atoms with Gasteiger partial charge in [0, 0.05) is 48.9 Å². The van der Waals surface area contributed by atoms with Crippen LogP contribution >= 0.6 is 0 Å². The number of fused-ring (bicyclic) bond motifs is 2. The highest BCUT2D eigenvalue weighted by atomic mass is 16.5. The molecule has 0 amide bonds. The van der Waals surface area contributed by atoms with E-state index in [4.69, 9.17) is 4.74 Å². The number of carbonyl (C=O) groups excluding carboxylic acids is 2. The zero-order chi connectivity index (χ0) is 17.9. The summed E-state index contributed by atoms with van der Waals surface area (Å²) in [5.74, 6) is -0.159. The second-order valence-electron chi connectivity index (χ2n) is 7.70. The van der Waals surface area contributed by atoms with Crippen LogP contribution in [0.1, 0.15) is 25.3 Å². The molecule has 0 aromatic heterocycles. The molecule has 5 nitrogen and oxygen atoms in total. The number of esters is 1. The van der Waals surface area contributed by atoms with Gasteiger partial charge in [-0.3, -0.25) is 14.5 Å². The van der Waals surface area contributed by atoms with Crippen LogP contribution in [0.25, 0.3) is 0 Å². The van der Waals surface area contributed by atoms with Crippen LogP contribution in [0.3, 0.4) is 0 Å². The van der Waals surface area contributed by atoms with E-state index in [1.165, 1.54) is 18.1 Å². The zero-order valence-corrected chi connectivity index (χ0v) is 14.8. The van der Waals surface area contributed by atoms with Gasteiger partial charge in [0.1, 0.15) is 12.9 Å². The van der Waals surface area contributed by atoms with Crippen molar-refractivity contribution < 1.29 is 14.3 Å². The van der Waals surface area contributed by atoms with Crippen LogP contribution in [0.15, 0.2) is 47.2 Å². The first kappa shape index (κ1) is 15.8. The smallest absolute Gasteiger partial charge is 0.302 e. The van der Waals surface area contributed by atoms with Gasteiger partial charge in [-0.25, -0.2) is 0 Å². The Morgan fingerprint density at radius 1 is 1.42 bits per heavy atom. The van der Waals surface area contributed by atoms with Crippen LogP contribution < -0.4 is 5.32 Å². The van der Waals surface area contributed by atoms with Crippen molar-refractivity contribution in [2.45, 2.75) is 31.2 Å². The summed E-state index contributed by atoms with van der Waals surface area (Å²) in [6.45, 7) is 3.57. The van der Waals surface area contributed by atoms with Gasteiger partial charge in [-0.2, -0.15) is 0 Å². The van der Waals surface area contributed by atoms with E-state index in [-0.39, 0.29) is 23.9 Å². The Morgan fingerprint density at radius 2 is 2.27 bits per heavy atom. The van der Waals surface area contributed by atoms with E-state index in [1.54, 1.807) is 0 Å². The van der Waals surface area contributed by atoms with Crippen molar-refractivity contribution in [1.29, 1.82) is 0 Å². The number of nitrogens with zero attached hydrogens (tertiary/aromatic N) is 1. The molecule has 3 heterocycles. The van der Waals surface area contributed by atoms with E-state index in [0.29, 0.717) is 6.04 Å². The third-order valence-electron chi connectivity index (χ3n) is 6.63. The molecule has 2 fully saturated rings. The summed E-state index contributed by atoms with van der Waals surface area (Å²) in [7, 11) is 0. The first-order chi connectivity index (χ1) is 12.6. The first-order valence-corrected chi connectivity index (χ1v) is 9.28. The molecule has 134 valence electrons. The predicted molar refractivity (Wildman–Crippen MR) is 97.6 cm³/mol. The summed E-state index contributed by atoms with van der Waals surface area (Å²) < 4.78 is 5.11. The monoisotopic (exact) mass is 350 g/mol. The van der Waals surface area contributed by atoms with E-state index >= 15 is 0 Å². The molecule has 0 unspecified atom stereocenters. The molecule has 3 aliphatic heterocycles. The molecule has 4 aliphatic rings. The van der Waals surface area contributed by atoms with Crippen molar-refractivity contribution >= 4 is 17.9 Å². The fourth-order valence-corrected chi connectivity index (χ4v) is 5.63. The SMILES string of the molecule is CC(=O)OCC=C1CN2CC[C@]34C(=C(C=O)[C@H]1C[C@H]23)Nc1ccccc14. The Labute approximate surface area is 152 Å². The number of nitrogens with one attached hydrogen (secondary N) is 1. The van der Waals surface area contributed by atoms with Crippen LogP contribution in [0.5, 0.6) is 0 Å². The summed E-state index contributed by atoms with van der Waals surface area (Å²) in [5.41, 5.74) is 5.60. The van der Waals surface area contributed by atoms with E-state index in [0.717, 1.165) is 49.2 Å². The number of ether oxygens (including phenoxy) is 1. The van der Waals surface area contributed by atoms with Crippen LogP contribution in [0.4, 0.5) is 5.69 Å². The minimum absolute atomic E-state index is 0.0647. The maximum absolute atomic E-state index is 12.1. The van der Waals surface area contributed by atoms with Crippen molar-refractivity contribution in [1.82, 2.24) is 4.90 Å². The highest BCUT2D eigenvalue weighted by molar-refractivity contribution is 5.84. The van der Waals surface area contributed by atoms with Crippen LogP contribution in [-0.4, -0.2) is 42.9 Å². The number of rotatable bonds is 3. The van der Waals surface area contributed by atoms with Gasteiger partial charge in [0.05, 0.1) is 5.41 Å². The lowest BCUT2D eigenvalue weighted by atomic mass is 9.62. The zero-order valence-electron chi connectivity index (χ0n) is 14.8. The predicted octanol–water partition coefficient (Wildman–Crippen LogP) is 2.40. The second-order valence-corrected chi connectivity index (χ2v) is 7.70. The number of hydrogen-bond donors (Lipinski definition) is 1. The molecule has 0 radical (unpaired) electrons. The van der Waals surface area contributed by atoms with Crippen molar-refractivity contribution in [2.75, 3.05) is 25.0 Å². The third kappa shape index (κ3) is 1.95. The number of hydrogen-bond acceptors (Lipinski definition) is 5. The Balaban J connectivity index is 1.63. The molecule has 26 heavy (non-hydrogen) atoms. The average molecular weight is 350 g/mol. The lowest BCUT2D eigenvalue weighted by molar-refractivity contribution is -0.139. The number of benzene rings is 1. The van der Waals surface area contributed by atoms with Crippen molar-refractivity contribution in [3.8, 4) is 0 Å². The standard InChI is InChI=1S/C21H22N2O3/c1-13(25)26-9-6-14-11-23-8-7-21-17-4-2-3-5-18(17)22-20(21)16(12-24)15(14)10-19(21)23/h2-6,12,15,19,22H,7-11H2,1H3/t15-,19-,21+/m0/s1. The summed E-state index contributed by atoms with van der Waals surface area (Å²) in [6.07, 6.45) is 5.04. The topological polar surface area (TPSA) is 58.6 Å². The first-order valence-electron chi connectivity index (χ1n) is 9.28. The largest absolute Gasteiger partial charge is 0.462 e. The quantitative estimate of drug-likeness (QED) is 0.515. The Hall–Kier alpha value is -2.40. The number of allylic oxidation sites excluding steroid dienone is 1. The van der Waals surface area contributed by atoms with Gasteiger partial charge in [0.2, 0.25) is 0 Å². The van der Waals surface area contributed by atoms with E-state index in [1.807, 2.05) is 12.1 Å². The van der Waals surface area contributed by atoms with Gasteiger partial charge < -0.3 is 10.1 Å². The molecule has 2 bridgehead atoms. The molecule has 3 atom stereocenters. The number of carbonyl (C=O) groups is 2. The molecule has 1 aromatic carbocycles. The second kappa shape index (κ2) is 5.55. The number of piperidine rings is 1. The fraction of sp³-hybridized carbons (Fsp3) is 0.429. The summed E-state index contributed by atoms with van der Waals surface area (Å²) in [4.78, 5) is 25.8. The van der Waals surface area contributed by atoms with Crippen molar-refractivity contribution in [2.24, 2.45) is 5.92 Å². The third-order valence-corrected chi connectivity index (χ3v) is 6.63. The van der Waals surface area contributed by atoms with E-state index in [2.05, 4.69) is 28.4 Å². The highest BCUT2D eigenvalue weighted by Crippen LogP contribution is 2.60. The van der Waals surface area contributed by atoms with E-state index in [9.17, 15) is 9.59 Å². The Bertz CT molecular complexity index is 872. The maximum atomic E-state index is 12.1. The minimum Gasteiger partial charge on any atom is -0.462 e. The lowest BCUT2D eigenvalue weighted by Crippen LogP contribution is -2.52. The fourth-order valence-electron chi connectivity index (χ4n) is 5.63. The molecule has 1 spiro atoms. The van der Waals surface area contributed by atoms with Crippen LogP contribution in [0, 0.1) is 5.92 Å². The average Bonchev–Trinajstić information content (AvgIpc) is 3.18. The molecular formula is C21H22N2O3. The number of aldehydes is 1. The van der Waals surface area contributed by atoms with Gasteiger partial charge in [0.15, 0.2) is 0 Å². The maximum Gasteiger partial charge on any atom is 0.302 e. The molecule has 5 rings (SSSR count). The number of para-hydroxylation sites is 1. The molecule has 0 saturated carbocycles. The lowest BCUT2D eigenvalue weighted by Gasteiger charge is -2.48. The van der Waals surface area contributed by atoms with Gasteiger partial charge in [-0.05, 0) is 36.1 Å². The van der Waals surface area contributed by atoms with Gasteiger partial charge in [-0.15, -0.1) is 0 Å². The molecular weight excluding hydrogens is 328 g/mol. The molecule has 1 N–H and O–H groups in total. The summed E-state index contributed by atoms with van der Waals surface area (Å²) >= 11 is 0. The minimum atomic E-state index is -0.277. The van der Waals surface area contributed by atoms with Crippen molar-refractivity contribution in [3.63, 3.8) is 0 Å². The van der Waals surface area contributed by atoms with Crippen LogP contribution in [0.2, 0.25) is 0 Å². The van der Waals surface area contributed by atoms with Gasteiger partial charge in [0.25, 0.3) is 0 Å². The van der Waals surface area contributed by atoms with Crippen LogP contribution in [-0.2, 0) is 19.7 Å². The summed E-state index contributed by atoms with van der Waals surface area (Å²) in [6, 6.07) is 8.90. The number of anilines is 1. The summed E-state index contributed by atoms with van der Waals surface area (Å²) in [5, 5.41) is 3.59. The molecule has 1 aliphatic carbocycles. The molecule has 2 saturated heterocycles. The molecule has 5 heteroatoms. The molecule has 1 aromatic rings. The van der Waals surface area contributed by atoms with Gasteiger partial charge in [-0.1, -0.05) is 18.2 Å². The van der Waals surface area contributed by atoms with E-state index < -0.39 is 0 Å². The Kier molecular flexibility index (Phi) is 3.38. The normalized spacial score (nSPS) is 32.9. The van der Waals surface area contributed by atoms with Gasteiger partial charge >= 0.3 is 5.97 Å². The highest BCUT2D eigenvalue weighted by Gasteiger charge is 2.60. The van der Waals surface area contributed by atoms with Crippen molar-refractivity contribution in [3.05, 3.63) is 52.7 Å². The Morgan fingerprint density at radius 3 is 3.08 bits per heavy atom.